The number of nitrogens with zero attached hydrogens (tertiary/aromatic N) is 1. The van der Waals surface area contributed by atoms with Gasteiger partial charge in [-0.1, -0.05) is 22.0 Å². The van der Waals surface area contributed by atoms with Gasteiger partial charge in [0.2, 0.25) is 0 Å². The first-order valence-electron chi connectivity index (χ1n) is 6.91. The van der Waals surface area contributed by atoms with Gasteiger partial charge in [0.25, 0.3) is 0 Å². The second-order valence-corrected chi connectivity index (χ2v) is 6.69. The molecule has 0 amide bonds. The first-order chi connectivity index (χ1) is 8.89. The highest BCUT2D eigenvalue weighted by Crippen LogP contribution is 2.30. The minimum atomic E-state index is -0.516. The van der Waals surface area contributed by atoms with E-state index in [1.807, 2.05) is 13.8 Å². The maximum Gasteiger partial charge on any atom is 0.0637 e. The van der Waals surface area contributed by atoms with E-state index in [-0.39, 0.29) is 6.04 Å². The van der Waals surface area contributed by atoms with E-state index in [2.05, 4.69) is 39.0 Å². The standard InChI is InChI=1S/C15H23BrN2O/c1-11(17)13-5-4-12(10-14(13)16)18-8-3-6-15(2,19)7-9-18/h4-5,10-11,19H,3,6-9,17H2,1-2H3/t11-,15?/m0/s1. The largest absolute Gasteiger partial charge is 0.390 e. The minimum absolute atomic E-state index is 0.0355. The van der Waals surface area contributed by atoms with Crippen molar-refractivity contribution >= 4 is 21.6 Å². The Hall–Kier alpha value is -0.580. The molecule has 0 aliphatic carbocycles. The molecule has 3 N–H and O–H groups in total. The summed E-state index contributed by atoms with van der Waals surface area (Å²) >= 11 is 3.60. The third kappa shape index (κ3) is 3.71. The van der Waals surface area contributed by atoms with Crippen molar-refractivity contribution in [2.45, 2.75) is 44.8 Å². The van der Waals surface area contributed by atoms with Gasteiger partial charge >= 0.3 is 0 Å². The summed E-state index contributed by atoms with van der Waals surface area (Å²) < 4.78 is 1.07. The molecule has 0 aromatic heterocycles. The normalized spacial score (nSPS) is 26.1. The Morgan fingerprint density at radius 2 is 2.11 bits per heavy atom. The summed E-state index contributed by atoms with van der Waals surface area (Å²) in [5.41, 5.74) is 7.74. The Morgan fingerprint density at radius 3 is 2.74 bits per heavy atom. The second-order valence-electron chi connectivity index (χ2n) is 5.83. The predicted molar refractivity (Wildman–Crippen MR) is 83.4 cm³/mol. The average Bonchev–Trinajstić information content (AvgIpc) is 2.49. The van der Waals surface area contributed by atoms with Crippen molar-refractivity contribution in [1.29, 1.82) is 0 Å². The third-order valence-electron chi connectivity index (χ3n) is 3.90. The molecule has 1 saturated heterocycles. The number of hydrogen-bond acceptors (Lipinski definition) is 3. The number of hydrogen-bond donors (Lipinski definition) is 2. The zero-order valence-corrected chi connectivity index (χ0v) is 13.3. The molecule has 2 atom stereocenters. The van der Waals surface area contributed by atoms with Gasteiger partial charge in [-0.15, -0.1) is 0 Å². The summed E-state index contributed by atoms with van der Waals surface area (Å²) in [7, 11) is 0. The summed E-state index contributed by atoms with van der Waals surface area (Å²) in [5, 5.41) is 10.1. The molecule has 0 radical (unpaired) electrons. The molecular formula is C15H23BrN2O. The van der Waals surface area contributed by atoms with Crippen LogP contribution in [0.15, 0.2) is 22.7 Å². The van der Waals surface area contributed by atoms with E-state index in [9.17, 15) is 5.11 Å². The summed E-state index contributed by atoms with van der Waals surface area (Å²) in [6, 6.07) is 6.39. The van der Waals surface area contributed by atoms with Crippen LogP contribution in [0.3, 0.4) is 0 Å². The first-order valence-corrected chi connectivity index (χ1v) is 7.71. The first kappa shape index (κ1) is 14.8. The number of benzene rings is 1. The number of aliphatic hydroxyl groups is 1. The Bertz CT molecular complexity index is 446. The van der Waals surface area contributed by atoms with Crippen LogP contribution in [0.25, 0.3) is 0 Å². The van der Waals surface area contributed by atoms with Gasteiger partial charge in [-0.05, 0) is 50.8 Å². The Morgan fingerprint density at radius 1 is 1.37 bits per heavy atom. The monoisotopic (exact) mass is 326 g/mol. The molecule has 106 valence electrons. The van der Waals surface area contributed by atoms with Gasteiger partial charge in [0.15, 0.2) is 0 Å². The third-order valence-corrected chi connectivity index (χ3v) is 4.59. The number of anilines is 1. The summed E-state index contributed by atoms with van der Waals surface area (Å²) in [5.74, 6) is 0. The van der Waals surface area contributed by atoms with Gasteiger partial charge < -0.3 is 15.7 Å². The van der Waals surface area contributed by atoms with E-state index in [0.29, 0.717) is 0 Å². The van der Waals surface area contributed by atoms with Crippen molar-refractivity contribution in [2.24, 2.45) is 5.73 Å². The molecule has 1 aliphatic heterocycles. The van der Waals surface area contributed by atoms with Crippen LogP contribution in [0.4, 0.5) is 5.69 Å². The number of nitrogens with two attached hydrogens (primary N) is 1. The quantitative estimate of drug-likeness (QED) is 0.877. The van der Waals surface area contributed by atoms with Gasteiger partial charge in [0.05, 0.1) is 5.60 Å². The van der Waals surface area contributed by atoms with Crippen molar-refractivity contribution in [2.75, 3.05) is 18.0 Å². The van der Waals surface area contributed by atoms with Crippen LogP contribution in [-0.2, 0) is 0 Å². The molecule has 1 heterocycles. The molecule has 1 aromatic carbocycles. The van der Waals surface area contributed by atoms with E-state index in [1.165, 1.54) is 5.69 Å². The number of halogens is 1. The average molecular weight is 327 g/mol. The minimum Gasteiger partial charge on any atom is -0.390 e. The summed E-state index contributed by atoms with van der Waals surface area (Å²) in [6.07, 6.45) is 2.72. The molecule has 2 rings (SSSR count). The van der Waals surface area contributed by atoms with E-state index in [0.717, 1.165) is 42.4 Å². The van der Waals surface area contributed by atoms with Crippen LogP contribution in [0, 0.1) is 0 Å². The fraction of sp³-hybridized carbons (Fsp3) is 0.600. The highest BCUT2D eigenvalue weighted by atomic mass is 79.9. The van der Waals surface area contributed by atoms with Crippen LogP contribution in [0.1, 0.15) is 44.7 Å². The highest BCUT2D eigenvalue weighted by molar-refractivity contribution is 9.10. The zero-order chi connectivity index (χ0) is 14.0. The zero-order valence-electron chi connectivity index (χ0n) is 11.7. The van der Waals surface area contributed by atoms with Crippen molar-refractivity contribution < 1.29 is 5.11 Å². The lowest BCUT2D eigenvalue weighted by Gasteiger charge is -2.25. The van der Waals surface area contributed by atoms with Gasteiger partial charge in [0, 0.05) is 29.3 Å². The van der Waals surface area contributed by atoms with E-state index < -0.39 is 5.60 Å². The van der Waals surface area contributed by atoms with Crippen LogP contribution in [0.5, 0.6) is 0 Å². The fourth-order valence-corrected chi connectivity index (χ4v) is 3.33. The molecule has 1 aromatic rings. The molecule has 3 nitrogen and oxygen atoms in total. The topological polar surface area (TPSA) is 49.5 Å². The Balaban J connectivity index is 2.16. The smallest absolute Gasteiger partial charge is 0.0637 e. The van der Waals surface area contributed by atoms with Gasteiger partial charge in [-0.3, -0.25) is 0 Å². The molecule has 1 fully saturated rings. The fourth-order valence-electron chi connectivity index (χ4n) is 2.60. The van der Waals surface area contributed by atoms with Crippen LogP contribution in [-0.4, -0.2) is 23.8 Å². The number of rotatable bonds is 2. The molecule has 1 unspecified atom stereocenters. The van der Waals surface area contributed by atoms with Crippen molar-refractivity contribution in [3.8, 4) is 0 Å². The second kappa shape index (κ2) is 5.81. The van der Waals surface area contributed by atoms with E-state index >= 15 is 0 Å². The SMILES string of the molecule is C[C@H](N)c1ccc(N2CCCC(C)(O)CC2)cc1Br. The van der Waals surface area contributed by atoms with Crippen LogP contribution >= 0.6 is 15.9 Å². The van der Waals surface area contributed by atoms with E-state index in [4.69, 9.17) is 5.73 Å². The molecule has 19 heavy (non-hydrogen) atoms. The molecule has 0 spiro atoms. The Kier molecular flexibility index (Phi) is 4.54. The summed E-state index contributed by atoms with van der Waals surface area (Å²) in [4.78, 5) is 2.34. The molecular weight excluding hydrogens is 304 g/mol. The Labute approximate surface area is 123 Å². The van der Waals surface area contributed by atoms with Crippen molar-refractivity contribution in [3.63, 3.8) is 0 Å². The van der Waals surface area contributed by atoms with Gasteiger partial charge in [-0.25, -0.2) is 0 Å². The molecule has 0 saturated carbocycles. The van der Waals surface area contributed by atoms with Gasteiger partial charge in [-0.2, -0.15) is 0 Å². The van der Waals surface area contributed by atoms with Crippen LogP contribution in [0.2, 0.25) is 0 Å². The lowest BCUT2D eigenvalue weighted by atomic mass is 9.98. The molecule has 4 heteroatoms. The lowest BCUT2D eigenvalue weighted by Crippen LogP contribution is -2.28. The van der Waals surface area contributed by atoms with Gasteiger partial charge in [0.1, 0.15) is 0 Å². The van der Waals surface area contributed by atoms with Crippen LogP contribution < -0.4 is 10.6 Å². The highest BCUT2D eigenvalue weighted by Gasteiger charge is 2.25. The molecule has 1 aliphatic rings. The van der Waals surface area contributed by atoms with E-state index in [1.54, 1.807) is 0 Å². The van der Waals surface area contributed by atoms with Crippen molar-refractivity contribution in [3.05, 3.63) is 28.2 Å². The summed E-state index contributed by atoms with van der Waals surface area (Å²) in [6.45, 7) is 5.82. The lowest BCUT2D eigenvalue weighted by molar-refractivity contribution is 0.0481. The molecule has 0 bridgehead atoms. The maximum absolute atomic E-state index is 10.1. The maximum atomic E-state index is 10.1. The predicted octanol–water partition coefficient (Wildman–Crippen LogP) is 3.21. The van der Waals surface area contributed by atoms with Crippen molar-refractivity contribution in [1.82, 2.24) is 0 Å².